The van der Waals surface area contributed by atoms with Gasteiger partial charge < -0.3 is 30.2 Å². The molecule has 1 aliphatic rings. The highest BCUT2D eigenvalue weighted by molar-refractivity contribution is 14.0. The first-order chi connectivity index (χ1) is 13.6. The first kappa shape index (κ1) is 23.0. The van der Waals surface area contributed by atoms with Crippen LogP contribution in [0, 0.1) is 5.82 Å². The third kappa shape index (κ3) is 6.10. The Hall–Kier alpha value is -2.27. The maximum absolute atomic E-state index is 14.5. The number of halogens is 2. The molecule has 0 amide bonds. The zero-order valence-electron chi connectivity index (χ0n) is 16.5. The van der Waals surface area contributed by atoms with E-state index in [4.69, 9.17) is 19.9 Å². The van der Waals surface area contributed by atoms with Gasteiger partial charge in [0.25, 0.3) is 0 Å². The van der Waals surface area contributed by atoms with Gasteiger partial charge in [-0.25, -0.2) is 9.38 Å². The van der Waals surface area contributed by atoms with Gasteiger partial charge in [0, 0.05) is 19.2 Å². The summed E-state index contributed by atoms with van der Waals surface area (Å²) >= 11 is 0. The van der Waals surface area contributed by atoms with Crippen molar-refractivity contribution in [3.05, 3.63) is 47.8 Å². The second-order valence-electron chi connectivity index (χ2n) is 6.28. The largest absolute Gasteiger partial charge is 0.497 e. The SMILES string of the molecule is COc1ccc(OC)c(NC(N)=NCc2ccc(N3CCOCC3)c(F)c2)c1.I. The number of guanidine groups is 1. The topological polar surface area (TPSA) is 81.3 Å². The molecule has 7 nitrogen and oxygen atoms in total. The molecule has 2 aromatic rings. The second-order valence-corrected chi connectivity index (χ2v) is 6.28. The Morgan fingerprint density at radius 1 is 1.17 bits per heavy atom. The van der Waals surface area contributed by atoms with Crippen molar-refractivity contribution < 1.29 is 18.6 Å². The minimum atomic E-state index is -0.268. The Labute approximate surface area is 187 Å². The Morgan fingerprint density at radius 2 is 1.93 bits per heavy atom. The second kappa shape index (κ2) is 11.1. The number of hydrogen-bond acceptors (Lipinski definition) is 5. The Kier molecular flexibility index (Phi) is 8.77. The molecule has 0 saturated carbocycles. The standard InChI is InChI=1S/C20H25FN4O3.HI/c1-26-15-4-6-19(27-2)17(12-15)24-20(22)23-13-14-3-5-18(16(21)11-14)25-7-9-28-10-8-25;/h3-6,11-12H,7-10,13H2,1-2H3,(H3,22,23,24);1H. The monoisotopic (exact) mass is 516 g/mol. The van der Waals surface area contributed by atoms with Crippen LogP contribution in [0.25, 0.3) is 0 Å². The molecule has 0 aromatic heterocycles. The third-order valence-electron chi connectivity index (χ3n) is 4.47. The van der Waals surface area contributed by atoms with Crippen molar-refractivity contribution in [1.82, 2.24) is 0 Å². The van der Waals surface area contributed by atoms with Gasteiger partial charge in [0.1, 0.15) is 17.3 Å². The van der Waals surface area contributed by atoms with E-state index >= 15 is 0 Å². The van der Waals surface area contributed by atoms with E-state index in [1.807, 2.05) is 11.0 Å². The summed E-state index contributed by atoms with van der Waals surface area (Å²) in [5.74, 6) is 1.21. The molecule has 1 heterocycles. The van der Waals surface area contributed by atoms with E-state index in [-0.39, 0.29) is 42.3 Å². The molecule has 1 saturated heterocycles. The fourth-order valence-corrected chi connectivity index (χ4v) is 2.98. The van der Waals surface area contributed by atoms with Crippen molar-refractivity contribution in [1.29, 1.82) is 0 Å². The average Bonchev–Trinajstić information content (AvgIpc) is 2.73. The lowest BCUT2D eigenvalue weighted by Gasteiger charge is -2.29. The number of aliphatic imine (C=N–C) groups is 1. The predicted molar refractivity (Wildman–Crippen MR) is 123 cm³/mol. The van der Waals surface area contributed by atoms with E-state index in [1.165, 1.54) is 6.07 Å². The van der Waals surface area contributed by atoms with Crippen molar-refractivity contribution in [3.63, 3.8) is 0 Å². The van der Waals surface area contributed by atoms with Crippen molar-refractivity contribution in [2.75, 3.05) is 50.7 Å². The van der Waals surface area contributed by atoms with E-state index in [2.05, 4.69) is 10.3 Å². The number of rotatable bonds is 6. The zero-order chi connectivity index (χ0) is 19.9. The zero-order valence-corrected chi connectivity index (χ0v) is 18.8. The maximum atomic E-state index is 14.5. The molecule has 0 unspecified atom stereocenters. The summed E-state index contributed by atoms with van der Waals surface area (Å²) in [6, 6.07) is 10.5. The van der Waals surface area contributed by atoms with Gasteiger partial charge in [-0.15, -0.1) is 24.0 Å². The van der Waals surface area contributed by atoms with Gasteiger partial charge in [-0.05, 0) is 29.8 Å². The molecule has 158 valence electrons. The van der Waals surface area contributed by atoms with E-state index < -0.39 is 0 Å². The number of nitrogens with zero attached hydrogens (tertiary/aromatic N) is 2. The molecule has 1 aliphatic heterocycles. The predicted octanol–water partition coefficient (Wildman–Crippen LogP) is 3.22. The van der Waals surface area contributed by atoms with Crippen molar-refractivity contribution in [2.24, 2.45) is 10.7 Å². The van der Waals surface area contributed by atoms with Crippen molar-refractivity contribution in [2.45, 2.75) is 6.54 Å². The fraction of sp³-hybridized carbons (Fsp3) is 0.350. The van der Waals surface area contributed by atoms with Gasteiger partial charge in [-0.1, -0.05) is 6.07 Å². The quantitative estimate of drug-likeness (QED) is 0.349. The van der Waals surface area contributed by atoms with Gasteiger partial charge in [0.2, 0.25) is 0 Å². The molecule has 3 N–H and O–H groups in total. The maximum Gasteiger partial charge on any atom is 0.193 e. The summed E-state index contributed by atoms with van der Waals surface area (Å²) in [5, 5.41) is 2.99. The number of ether oxygens (including phenoxy) is 3. The van der Waals surface area contributed by atoms with Crippen LogP contribution in [0.15, 0.2) is 41.4 Å². The lowest BCUT2D eigenvalue weighted by Crippen LogP contribution is -2.36. The Balaban J connectivity index is 0.00000300. The molecule has 1 fully saturated rings. The summed E-state index contributed by atoms with van der Waals surface area (Å²) in [6.45, 7) is 2.86. The van der Waals surface area contributed by atoms with Gasteiger partial charge in [0.15, 0.2) is 5.96 Å². The molecular formula is C20H26FIN4O3. The van der Waals surface area contributed by atoms with Crippen molar-refractivity contribution in [3.8, 4) is 11.5 Å². The molecule has 29 heavy (non-hydrogen) atoms. The number of methoxy groups -OCH3 is 2. The lowest BCUT2D eigenvalue weighted by atomic mass is 10.1. The van der Waals surface area contributed by atoms with Crippen LogP contribution in [0.2, 0.25) is 0 Å². The van der Waals surface area contributed by atoms with Crippen LogP contribution in [-0.4, -0.2) is 46.5 Å². The first-order valence-corrected chi connectivity index (χ1v) is 9.01. The molecule has 0 spiro atoms. The molecule has 9 heteroatoms. The van der Waals surface area contributed by atoms with Crippen LogP contribution >= 0.6 is 24.0 Å². The van der Waals surface area contributed by atoms with Gasteiger partial charge in [-0.3, -0.25) is 0 Å². The Morgan fingerprint density at radius 3 is 2.59 bits per heavy atom. The minimum Gasteiger partial charge on any atom is -0.497 e. The van der Waals surface area contributed by atoms with Gasteiger partial charge in [-0.2, -0.15) is 0 Å². The minimum absolute atomic E-state index is 0. The fourth-order valence-electron chi connectivity index (χ4n) is 2.98. The van der Waals surface area contributed by atoms with Crippen LogP contribution in [0.3, 0.4) is 0 Å². The highest BCUT2D eigenvalue weighted by Gasteiger charge is 2.15. The molecule has 0 radical (unpaired) electrons. The van der Waals surface area contributed by atoms with Crippen LogP contribution < -0.4 is 25.4 Å². The number of benzene rings is 2. The molecule has 2 aromatic carbocycles. The molecule has 0 aliphatic carbocycles. The van der Waals surface area contributed by atoms with Gasteiger partial charge in [0.05, 0.1) is 45.4 Å². The summed E-state index contributed by atoms with van der Waals surface area (Å²) in [4.78, 5) is 6.27. The number of hydrogen-bond donors (Lipinski definition) is 2. The number of morpholine rings is 1. The summed E-state index contributed by atoms with van der Waals surface area (Å²) in [6.07, 6.45) is 0. The summed E-state index contributed by atoms with van der Waals surface area (Å²) in [7, 11) is 3.15. The number of nitrogens with two attached hydrogens (primary N) is 1. The van der Waals surface area contributed by atoms with E-state index in [1.54, 1.807) is 38.5 Å². The number of nitrogens with one attached hydrogen (secondary N) is 1. The highest BCUT2D eigenvalue weighted by atomic mass is 127. The first-order valence-electron chi connectivity index (χ1n) is 9.01. The molecule has 0 atom stereocenters. The van der Waals surface area contributed by atoms with E-state index in [0.29, 0.717) is 49.2 Å². The lowest BCUT2D eigenvalue weighted by molar-refractivity contribution is 0.122. The molecule has 3 rings (SSSR count). The van der Waals surface area contributed by atoms with Crippen LogP contribution in [0.5, 0.6) is 11.5 Å². The van der Waals surface area contributed by atoms with Crippen LogP contribution in [-0.2, 0) is 11.3 Å². The van der Waals surface area contributed by atoms with Crippen LogP contribution in [0.4, 0.5) is 15.8 Å². The Bertz CT molecular complexity index is 844. The van der Waals surface area contributed by atoms with E-state index in [9.17, 15) is 4.39 Å². The highest BCUT2D eigenvalue weighted by Crippen LogP contribution is 2.28. The molecule has 0 bridgehead atoms. The summed E-state index contributed by atoms with van der Waals surface area (Å²) in [5.41, 5.74) is 7.94. The van der Waals surface area contributed by atoms with E-state index in [0.717, 1.165) is 5.56 Å². The average molecular weight is 516 g/mol. The van der Waals surface area contributed by atoms with Gasteiger partial charge >= 0.3 is 0 Å². The number of anilines is 2. The third-order valence-corrected chi connectivity index (χ3v) is 4.47. The summed E-state index contributed by atoms with van der Waals surface area (Å²) < 4.78 is 30.3. The van der Waals surface area contributed by atoms with Crippen molar-refractivity contribution >= 4 is 41.3 Å². The van der Waals surface area contributed by atoms with Crippen LogP contribution in [0.1, 0.15) is 5.56 Å². The normalized spacial score (nSPS) is 14.2. The molecular weight excluding hydrogens is 490 g/mol. The smallest absolute Gasteiger partial charge is 0.193 e.